The van der Waals surface area contributed by atoms with Crippen LogP contribution in [0.5, 0.6) is 0 Å². The molecule has 106 valence electrons. The van der Waals surface area contributed by atoms with Crippen LogP contribution in [0.1, 0.15) is 13.3 Å². The molecule has 1 N–H and O–H groups in total. The van der Waals surface area contributed by atoms with E-state index in [0.717, 1.165) is 18.5 Å². The summed E-state index contributed by atoms with van der Waals surface area (Å²) in [4.78, 5) is 4.47. The second kappa shape index (κ2) is 6.86. The van der Waals surface area contributed by atoms with Crippen molar-refractivity contribution in [1.82, 2.24) is 4.98 Å². The number of pyridine rings is 1. The van der Waals surface area contributed by atoms with Gasteiger partial charge in [-0.3, -0.25) is 0 Å². The summed E-state index contributed by atoms with van der Waals surface area (Å²) in [6, 6.07) is 6.85. The Balaban J connectivity index is 2.50. The van der Waals surface area contributed by atoms with Crippen LogP contribution in [-0.4, -0.2) is 11.5 Å². The van der Waals surface area contributed by atoms with Gasteiger partial charge >= 0.3 is 0 Å². The lowest BCUT2D eigenvalue weighted by atomic mass is 10.1. The van der Waals surface area contributed by atoms with E-state index in [4.69, 9.17) is 46.4 Å². The molecule has 0 radical (unpaired) electrons. The van der Waals surface area contributed by atoms with Gasteiger partial charge in [-0.25, -0.2) is 4.98 Å². The maximum atomic E-state index is 6.22. The first kappa shape index (κ1) is 15.7. The lowest BCUT2D eigenvalue weighted by Gasteiger charge is -2.11. The minimum Gasteiger partial charge on any atom is -0.369 e. The van der Waals surface area contributed by atoms with Gasteiger partial charge in [0.25, 0.3) is 0 Å². The fraction of sp³-hybridized carbons (Fsp3) is 0.214. The Bertz CT molecular complexity index is 629. The number of anilines is 1. The number of aromatic nitrogens is 1. The summed E-state index contributed by atoms with van der Waals surface area (Å²) in [5.41, 5.74) is 1.30. The maximum Gasteiger partial charge on any atom is 0.145 e. The standard InChI is InChI=1S/C14H12Cl4N2/c1-2-5-19-14-12(18)7-11(17)13(20-14)9-4-3-8(15)6-10(9)16/h3-4,6-7H,2,5H2,1H3,(H,19,20). The first-order chi connectivity index (χ1) is 9.52. The molecule has 6 heteroatoms. The molecule has 1 aromatic heterocycles. The van der Waals surface area contributed by atoms with Crippen molar-refractivity contribution in [2.75, 3.05) is 11.9 Å². The van der Waals surface area contributed by atoms with Gasteiger partial charge in [-0.15, -0.1) is 0 Å². The van der Waals surface area contributed by atoms with Gasteiger partial charge in [0.1, 0.15) is 5.82 Å². The van der Waals surface area contributed by atoms with E-state index >= 15 is 0 Å². The van der Waals surface area contributed by atoms with Crippen LogP contribution in [0.3, 0.4) is 0 Å². The molecule has 0 saturated carbocycles. The van der Waals surface area contributed by atoms with Crippen LogP contribution >= 0.6 is 46.4 Å². The maximum absolute atomic E-state index is 6.22. The molecular weight excluding hydrogens is 338 g/mol. The van der Waals surface area contributed by atoms with E-state index in [2.05, 4.69) is 17.2 Å². The van der Waals surface area contributed by atoms with Gasteiger partial charge in [-0.2, -0.15) is 0 Å². The smallest absolute Gasteiger partial charge is 0.145 e. The van der Waals surface area contributed by atoms with Gasteiger partial charge in [0.05, 0.1) is 20.8 Å². The molecule has 0 aliphatic carbocycles. The third-order valence-corrected chi connectivity index (χ3v) is 3.78. The Kier molecular flexibility index (Phi) is 5.39. The molecule has 0 saturated heterocycles. The number of rotatable bonds is 4. The highest BCUT2D eigenvalue weighted by Gasteiger charge is 2.13. The predicted molar refractivity (Wildman–Crippen MR) is 88.5 cm³/mol. The van der Waals surface area contributed by atoms with Gasteiger partial charge in [0.2, 0.25) is 0 Å². The lowest BCUT2D eigenvalue weighted by Crippen LogP contribution is -2.03. The van der Waals surface area contributed by atoms with Crippen LogP contribution in [0.4, 0.5) is 5.82 Å². The van der Waals surface area contributed by atoms with Crippen molar-refractivity contribution < 1.29 is 0 Å². The zero-order chi connectivity index (χ0) is 14.7. The Labute approximate surface area is 138 Å². The Morgan fingerprint density at radius 2 is 1.75 bits per heavy atom. The summed E-state index contributed by atoms with van der Waals surface area (Å²) in [6.45, 7) is 2.84. The largest absolute Gasteiger partial charge is 0.369 e. The third kappa shape index (κ3) is 3.50. The van der Waals surface area contributed by atoms with Crippen LogP contribution in [0.25, 0.3) is 11.3 Å². The number of benzene rings is 1. The zero-order valence-electron chi connectivity index (χ0n) is 10.7. The fourth-order valence-corrected chi connectivity index (χ4v) is 2.73. The van der Waals surface area contributed by atoms with E-state index in [1.807, 2.05) is 0 Å². The molecule has 0 spiro atoms. The Morgan fingerprint density at radius 3 is 2.40 bits per heavy atom. The lowest BCUT2D eigenvalue weighted by molar-refractivity contribution is 0.970. The highest BCUT2D eigenvalue weighted by Crippen LogP contribution is 2.36. The molecule has 0 aliphatic heterocycles. The summed E-state index contributed by atoms with van der Waals surface area (Å²) >= 11 is 24.4. The molecule has 2 aromatic rings. The van der Waals surface area contributed by atoms with E-state index in [0.29, 0.717) is 31.6 Å². The number of halogens is 4. The number of hydrogen-bond acceptors (Lipinski definition) is 2. The van der Waals surface area contributed by atoms with Crippen LogP contribution in [0.2, 0.25) is 20.1 Å². The van der Waals surface area contributed by atoms with E-state index < -0.39 is 0 Å². The summed E-state index contributed by atoms with van der Waals surface area (Å²) in [5.74, 6) is 0.596. The highest BCUT2D eigenvalue weighted by atomic mass is 35.5. The normalized spacial score (nSPS) is 10.7. The molecule has 1 aromatic carbocycles. The third-order valence-electron chi connectivity index (χ3n) is 2.66. The van der Waals surface area contributed by atoms with Gasteiger partial charge < -0.3 is 5.32 Å². The molecule has 0 aliphatic rings. The molecule has 0 amide bonds. The predicted octanol–water partition coefficient (Wildman–Crippen LogP) is 6.18. The minimum atomic E-state index is 0.446. The molecule has 1 heterocycles. The first-order valence-electron chi connectivity index (χ1n) is 6.08. The van der Waals surface area contributed by atoms with Crippen LogP contribution in [0.15, 0.2) is 24.3 Å². The average Bonchev–Trinajstić information content (AvgIpc) is 2.39. The molecule has 0 fully saturated rings. The van der Waals surface area contributed by atoms with E-state index in [1.54, 1.807) is 24.3 Å². The molecule has 2 nitrogen and oxygen atoms in total. The average molecular weight is 350 g/mol. The van der Waals surface area contributed by atoms with Gasteiger partial charge in [-0.1, -0.05) is 53.3 Å². The Morgan fingerprint density at radius 1 is 1.00 bits per heavy atom. The van der Waals surface area contributed by atoms with Crippen molar-refractivity contribution in [3.63, 3.8) is 0 Å². The minimum absolute atomic E-state index is 0.446. The van der Waals surface area contributed by atoms with Crippen LogP contribution in [0, 0.1) is 0 Å². The topological polar surface area (TPSA) is 24.9 Å². The fourth-order valence-electron chi connectivity index (χ4n) is 1.70. The summed E-state index contributed by atoms with van der Waals surface area (Å²) in [6.07, 6.45) is 0.970. The molecule has 0 atom stereocenters. The van der Waals surface area contributed by atoms with Gasteiger partial charge in [-0.05, 0) is 30.7 Å². The van der Waals surface area contributed by atoms with Crippen LogP contribution < -0.4 is 5.32 Å². The second-order valence-corrected chi connectivity index (χ2v) is 5.86. The molecule has 2 rings (SSSR count). The number of nitrogens with zero attached hydrogens (tertiary/aromatic N) is 1. The van der Waals surface area contributed by atoms with E-state index in [1.165, 1.54) is 0 Å². The van der Waals surface area contributed by atoms with Crippen molar-refractivity contribution in [2.24, 2.45) is 0 Å². The van der Waals surface area contributed by atoms with E-state index in [9.17, 15) is 0 Å². The SMILES string of the molecule is CCCNc1nc(-c2ccc(Cl)cc2Cl)c(Cl)cc1Cl. The molecular formula is C14H12Cl4N2. The van der Waals surface area contributed by atoms with Gasteiger partial charge in [0, 0.05) is 17.1 Å². The van der Waals surface area contributed by atoms with Crippen molar-refractivity contribution in [3.05, 3.63) is 44.4 Å². The second-order valence-electron chi connectivity index (χ2n) is 4.20. The molecule has 0 bridgehead atoms. The van der Waals surface area contributed by atoms with Crippen LogP contribution in [-0.2, 0) is 0 Å². The summed E-state index contributed by atoms with van der Waals surface area (Å²) < 4.78 is 0. The Hall–Kier alpha value is -0.670. The number of hydrogen-bond donors (Lipinski definition) is 1. The molecule has 20 heavy (non-hydrogen) atoms. The van der Waals surface area contributed by atoms with Crippen molar-refractivity contribution in [2.45, 2.75) is 13.3 Å². The van der Waals surface area contributed by atoms with Crippen molar-refractivity contribution in [3.8, 4) is 11.3 Å². The summed E-state index contributed by atoms with van der Waals surface area (Å²) in [5, 5.41) is 5.15. The highest BCUT2D eigenvalue weighted by molar-refractivity contribution is 6.39. The first-order valence-corrected chi connectivity index (χ1v) is 7.59. The van der Waals surface area contributed by atoms with Gasteiger partial charge in [0.15, 0.2) is 0 Å². The molecule has 0 unspecified atom stereocenters. The van der Waals surface area contributed by atoms with Crippen molar-refractivity contribution in [1.29, 1.82) is 0 Å². The van der Waals surface area contributed by atoms with E-state index in [-0.39, 0.29) is 0 Å². The zero-order valence-corrected chi connectivity index (χ0v) is 13.7. The quantitative estimate of drug-likeness (QED) is 0.712. The van der Waals surface area contributed by atoms with Crippen molar-refractivity contribution >= 4 is 52.2 Å². The summed E-state index contributed by atoms with van der Waals surface area (Å²) in [7, 11) is 0. The monoisotopic (exact) mass is 348 g/mol. The number of nitrogens with one attached hydrogen (secondary N) is 1.